The summed E-state index contributed by atoms with van der Waals surface area (Å²) >= 11 is 1.24. The molecule has 164 valence electrons. The second kappa shape index (κ2) is 10.5. The van der Waals surface area contributed by atoms with Gasteiger partial charge in [0.2, 0.25) is 0 Å². The van der Waals surface area contributed by atoms with Gasteiger partial charge in [-0.3, -0.25) is 9.69 Å². The number of carbonyl (C=O) groups is 2. The summed E-state index contributed by atoms with van der Waals surface area (Å²) in [6, 6.07) is 13.3. The predicted molar refractivity (Wildman–Crippen MR) is 122 cm³/mol. The summed E-state index contributed by atoms with van der Waals surface area (Å²) in [6.45, 7) is 4.49. The summed E-state index contributed by atoms with van der Waals surface area (Å²) in [5.41, 5.74) is 1.48. The number of hydrogen-bond acceptors (Lipinski definition) is 7. The van der Waals surface area contributed by atoms with E-state index in [0.29, 0.717) is 40.4 Å². The van der Waals surface area contributed by atoms with Crippen LogP contribution in [0.2, 0.25) is 0 Å². The number of ether oxygens (including phenoxy) is 2. The van der Waals surface area contributed by atoms with Crippen LogP contribution in [0.15, 0.2) is 52.4 Å². The fourth-order valence-corrected chi connectivity index (χ4v) is 3.99. The van der Waals surface area contributed by atoms with Gasteiger partial charge in [-0.15, -0.1) is 0 Å². The molecule has 0 saturated carbocycles. The molecule has 2 aromatic carbocycles. The minimum absolute atomic E-state index is 0.0897. The van der Waals surface area contributed by atoms with Crippen molar-refractivity contribution in [2.45, 2.75) is 13.8 Å². The van der Waals surface area contributed by atoms with Crippen LogP contribution in [0.4, 0.5) is 5.69 Å². The van der Waals surface area contributed by atoms with Crippen LogP contribution in [0.25, 0.3) is 6.08 Å². The Morgan fingerprint density at radius 3 is 2.56 bits per heavy atom. The Morgan fingerprint density at radius 1 is 1.19 bits per heavy atom. The Balaban J connectivity index is 1.88. The molecule has 0 aromatic heterocycles. The fourth-order valence-electron chi connectivity index (χ4n) is 2.92. The highest BCUT2D eigenvalue weighted by Crippen LogP contribution is 2.36. The molecule has 0 spiro atoms. The van der Waals surface area contributed by atoms with Crippen molar-refractivity contribution in [3.05, 3.63) is 58.5 Å². The summed E-state index contributed by atoms with van der Waals surface area (Å²) in [7, 11) is 0. The van der Waals surface area contributed by atoms with Crippen molar-refractivity contribution in [2.75, 3.05) is 19.8 Å². The number of amidine groups is 1. The largest absolute Gasteiger partial charge is 0.490 e. The van der Waals surface area contributed by atoms with Crippen LogP contribution in [0.3, 0.4) is 0 Å². The fraction of sp³-hybridized carbons (Fsp3) is 0.217. The Labute approximate surface area is 189 Å². The lowest BCUT2D eigenvalue weighted by Gasteiger charge is -2.12. The van der Waals surface area contributed by atoms with Gasteiger partial charge in [-0.2, -0.15) is 5.26 Å². The van der Waals surface area contributed by atoms with E-state index in [1.54, 1.807) is 41.3 Å². The number of amides is 1. The molecule has 1 aliphatic rings. The van der Waals surface area contributed by atoms with Gasteiger partial charge in [0, 0.05) is 6.54 Å². The molecule has 1 saturated heterocycles. The van der Waals surface area contributed by atoms with Crippen LogP contribution in [-0.2, 0) is 4.79 Å². The van der Waals surface area contributed by atoms with Gasteiger partial charge < -0.3 is 14.6 Å². The number of carbonyl (C=O) groups excluding carboxylic acids is 1. The van der Waals surface area contributed by atoms with E-state index in [0.717, 1.165) is 5.56 Å². The van der Waals surface area contributed by atoms with Crippen molar-refractivity contribution in [2.24, 2.45) is 4.99 Å². The smallest absolute Gasteiger partial charge is 0.335 e. The van der Waals surface area contributed by atoms with E-state index in [4.69, 9.17) is 19.8 Å². The number of carboxylic acid groups (broad SMARTS) is 1. The zero-order valence-corrected chi connectivity index (χ0v) is 18.4. The molecule has 0 bridgehead atoms. The van der Waals surface area contributed by atoms with Gasteiger partial charge in [0.1, 0.15) is 6.07 Å². The first-order chi connectivity index (χ1) is 15.5. The molecule has 3 rings (SSSR count). The third kappa shape index (κ3) is 5.28. The van der Waals surface area contributed by atoms with Gasteiger partial charge in [0.05, 0.1) is 22.8 Å². The summed E-state index contributed by atoms with van der Waals surface area (Å²) in [4.78, 5) is 30.5. The first-order valence-electron chi connectivity index (χ1n) is 9.86. The van der Waals surface area contributed by atoms with Gasteiger partial charge in [-0.25, -0.2) is 9.79 Å². The molecule has 9 heteroatoms. The maximum absolute atomic E-state index is 12.9. The van der Waals surface area contributed by atoms with Crippen molar-refractivity contribution < 1.29 is 24.2 Å². The monoisotopic (exact) mass is 451 g/mol. The molecule has 1 fully saturated rings. The Morgan fingerprint density at radius 2 is 1.94 bits per heavy atom. The molecular formula is C23H21N3O5S. The number of carboxylic acids is 1. The van der Waals surface area contributed by atoms with E-state index in [2.05, 4.69) is 4.99 Å². The van der Waals surface area contributed by atoms with Crippen molar-refractivity contribution >= 4 is 40.6 Å². The van der Waals surface area contributed by atoms with E-state index in [9.17, 15) is 9.59 Å². The normalized spacial score (nSPS) is 15.8. The number of benzene rings is 2. The molecular weight excluding hydrogens is 430 g/mol. The number of rotatable bonds is 8. The zero-order chi connectivity index (χ0) is 23.1. The Kier molecular flexibility index (Phi) is 7.52. The van der Waals surface area contributed by atoms with Gasteiger partial charge >= 0.3 is 5.97 Å². The second-order valence-corrected chi connectivity index (χ2v) is 7.50. The van der Waals surface area contributed by atoms with E-state index in [1.807, 2.05) is 19.9 Å². The third-order valence-corrected chi connectivity index (χ3v) is 5.41. The quantitative estimate of drug-likeness (QED) is 0.595. The molecule has 1 aliphatic heterocycles. The molecule has 32 heavy (non-hydrogen) atoms. The van der Waals surface area contributed by atoms with Crippen molar-refractivity contribution in [1.29, 1.82) is 5.26 Å². The topological polar surface area (TPSA) is 112 Å². The maximum atomic E-state index is 12.9. The first-order valence-corrected chi connectivity index (χ1v) is 10.7. The lowest BCUT2D eigenvalue weighted by molar-refractivity contribution is -0.122. The molecule has 1 amide bonds. The van der Waals surface area contributed by atoms with Crippen LogP contribution in [0.1, 0.15) is 29.8 Å². The average molecular weight is 452 g/mol. The molecule has 1 N–H and O–H groups in total. The second-order valence-electron chi connectivity index (χ2n) is 6.49. The van der Waals surface area contributed by atoms with Crippen LogP contribution in [-0.4, -0.2) is 46.8 Å². The highest BCUT2D eigenvalue weighted by Gasteiger charge is 2.32. The molecule has 0 aliphatic carbocycles. The molecule has 2 aromatic rings. The number of nitriles is 1. The van der Waals surface area contributed by atoms with Gasteiger partial charge in [0.15, 0.2) is 23.3 Å². The van der Waals surface area contributed by atoms with E-state index >= 15 is 0 Å². The van der Waals surface area contributed by atoms with Gasteiger partial charge in [-0.1, -0.05) is 6.07 Å². The van der Waals surface area contributed by atoms with Gasteiger partial charge in [-0.05, 0) is 73.6 Å². The number of nitrogens with zero attached hydrogens (tertiary/aromatic N) is 3. The maximum Gasteiger partial charge on any atom is 0.335 e. The number of thioether (sulfide) groups is 1. The number of hydrogen-bond donors (Lipinski definition) is 1. The Hall–Kier alpha value is -3.77. The summed E-state index contributed by atoms with van der Waals surface area (Å²) < 4.78 is 11.0. The zero-order valence-electron chi connectivity index (χ0n) is 17.6. The van der Waals surface area contributed by atoms with Gasteiger partial charge in [0.25, 0.3) is 5.91 Å². The first kappa shape index (κ1) is 22.9. The third-order valence-electron chi connectivity index (χ3n) is 4.40. The standard InChI is InChI=1S/C23H21N3O5S/c1-3-26-21(27)20(32-23(26)25-17-8-6-16(7-9-17)22(28)29)14-15-5-10-18(31-12-11-24)19(13-15)30-4-2/h5-10,13-14H,3-4,12H2,1-2H3,(H,28,29)/b20-14+,25-23?. The summed E-state index contributed by atoms with van der Waals surface area (Å²) in [5.74, 6) is -0.220. The molecule has 0 atom stereocenters. The van der Waals surface area contributed by atoms with Crippen LogP contribution in [0, 0.1) is 11.3 Å². The highest BCUT2D eigenvalue weighted by atomic mass is 32.2. The van der Waals surface area contributed by atoms with E-state index in [-0.39, 0.29) is 18.1 Å². The predicted octanol–water partition coefficient (Wildman–Crippen LogP) is 4.31. The summed E-state index contributed by atoms with van der Waals surface area (Å²) in [6.07, 6.45) is 1.75. The Bertz CT molecular complexity index is 1120. The lowest BCUT2D eigenvalue weighted by Crippen LogP contribution is -2.28. The average Bonchev–Trinajstić information content (AvgIpc) is 3.07. The molecule has 1 heterocycles. The van der Waals surface area contributed by atoms with E-state index < -0.39 is 5.97 Å². The highest BCUT2D eigenvalue weighted by molar-refractivity contribution is 8.18. The number of aromatic carboxylic acids is 1. The number of likely N-dealkylation sites (N-methyl/N-ethyl adjacent to an activating group) is 1. The summed E-state index contributed by atoms with van der Waals surface area (Å²) in [5, 5.41) is 18.3. The molecule has 8 nitrogen and oxygen atoms in total. The minimum atomic E-state index is -1.01. The van der Waals surface area contributed by atoms with Crippen molar-refractivity contribution in [3.63, 3.8) is 0 Å². The lowest BCUT2D eigenvalue weighted by atomic mass is 10.2. The van der Waals surface area contributed by atoms with E-state index in [1.165, 1.54) is 23.9 Å². The van der Waals surface area contributed by atoms with Crippen LogP contribution >= 0.6 is 11.8 Å². The SMILES string of the molecule is CCOc1cc(/C=C2/SC(=Nc3ccc(C(=O)O)cc3)N(CC)C2=O)ccc1OCC#N. The van der Waals surface area contributed by atoms with Crippen LogP contribution < -0.4 is 9.47 Å². The minimum Gasteiger partial charge on any atom is -0.490 e. The van der Waals surface area contributed by atoms with Crippen molar-refractivity contribution in [3.8, 4) is 17.6 Å². The number of aliphatic imine (C=N–C) groups is 1. The van der Waals surface area contributed by atoms with Crippen LogP contribution in [0.5, 0.6) is 11.5 Å². The molecule has 0 unspecified atom stereocenters. The molecule has 0 radical (unpaired) electrons. The van der Waals surface area contributed by atoms with Crippen molar-refractivity contribution in [1.82, 2.24) is 4.90 Å².